The number of alkyl halides is 3. The van der Waals surface area contributed by atoms with Gasteiger partial charge in [-0.25, -0.2) is 4.57 Å². The highest BCUT2D eigenvalue weighted by atomic mass is 31.1. The summed E-state index contributed by atoms with van der Waals surface area (Å²) in [5.41, 5.74) is 0. The van der Waals surface area contributed by atoms with Crippen LogP contribution in [0.25, 0.3) is 0 Å². The Morgan fingerprint density at radius 3 is 2.33 bits per heavy atom. The third kappa shape index (κ3) is 4.16. The number of ether oxygens (including phenoxy) is 1. The van der Waals surface area contributed by atoms with Crippen LogP contribution in [-0.4, -0.2) is 12.8 Å². The quantitative estimate of drug-likeness (QED) is 0.755. The lowest BCUT2D eigenvalue weighted by Gasteiger charge is -2.10. The predicted molar refractivity (Wildman–Crippen MR) is 46.2 cm³/mol. The molecule has 15 heavy (non-hydrogen) atoms. The molecule has 1 aromatic carbocycles. The zero-order chi connectivity index (χ0) is 11.3. The van der Waals surface area contributed by atoms with Gasteiger partial charge in [0.2, 0.25) is 0 Å². The number of para-hydroxylation sites is 2. The summed E-state index contributed by atoms with van der Waals surface area (Å²) in [4.78, 5) is 0. The van der Waals surface area contributed by atoms with Crippen molar-refractivity contribution < 1.29 is 27.0 Å². The zero-order valence-electron chi connectivity index (χ0n) is 7.32. The molecular formula is C8H6F3O3P. The van der Waals surface area contributed by atoms with E-state index >= 15 is 0 Å². The van der Waals surface area contributed by atoms with E-state index in [9.17, 15) is 17.7 Å². The van der Waals surface area contributed by atoms with Crippen molar-refractivity contribution in [2.75, 3.05) is 6.61 Å². The minimum Gasteiger partial charge on any atom is -0.480 e. The molecule has 0 fully saturated rings. The fourth-order valence-electron chi connectivity index (χ4n) is 0.845. The number of rotatable bonds is 4. The maximum absolute atomic E-state index is 11.8. The van der Waals surface area contributed by atoms with Gasteiger partial charge in [-0.2, -0.15) is 13.2 Å². The van der Waals surface area contributed by atoms with Crippen LogP contribution in [0, 0.1) is 0 Å². The summed E-state index contributed by atoms with van der Waals surface area (Å²) in [6, 6.07) is 5.67. The molecule has 0 amide bonds. The second-order valence-electron chi connectivity index (χ2n) is 2.52. The Morgan fingerprint density at radius 2 is 1.80 bits per heavy atom. The van der Waals surface area contributed by atoms with Gasteiger partial charge in [0.15, 0.2) is 18.1 Å². The number of hydrogen-bond donors (Lipinski definition) is 0. The van der Waals surface area contributed by atoms with Gasteiger partial charge in [-0.15, -0.1) is 0 Å². The molecule has 0 N–H and O–H groups in total. The molecule has 0 aromatic heterocycles. The molecule has 1 rings (SSSR count). The first-order chi connectivity index (χ1) is 7.03. The molecule has 0 saturated carbocycles. The summed E-state index contributed by atoms with van der Waals surface area (Å²) in [5.74, 6) is -0.100. The number of benzene rings is 1. The van der Waals surface area contributed by atoms with Crippen LogP contribution >= 0.6 is 8.69 Å². The standard InChI is InChI=1S/C8H6F3O3P/c9-8(10,11)5-13-6-3-1-2-4-7(6)14-15-12/h1-4H,5H2. The molecule has 0 bridgehead atoms. The van der Waals surface area contributed by atoms with Gasteiger partial charge >= 0.3 is 14.9 Å². The molecule has 0 aliphatic carbocycles. The van der Waals surface area contributed by atoms with Crippen LogP contribution in [-0.2, 0) is 4.57 Å². The third-order valence-corrected chi connectivity index (χ3v) is 1.65. The predicted octanol–water partition coefficient (Wildman–Crippen LogP) is 3.21. The van der Waals surface area contributed by atoms with Gasteiger partial charge in [-0.1, -0.05) is 12.1 Å². The van der Waals surface area contributed by atoms with E-state index in [-0.39, 0.29) is 11.5 Å². The first-order valence-electron chi connectivity index (χ1n) is 3.81. The average molecular weight is 238 g/mol. The zero-order valence-corrected chi connectivity index (χ0v) is 8.22. The Bertz CT molecular complexity index is 340. The second kappa shape index (κ2) is 4.98. The molecule has 0 heterocycles. The molecule has 0 saturated heterocycles. The average Bonchev–Trinajstić information content (AvgIpc) is 2.16. The van der Waals surface area contributed by atoms with E-state index in [2.05, 4.69) is 9.26 Å². The highest BCUT2D eigenvalue weighted by molar-refractivity contribution is 7.17. The van der Waals surface area contributed by atoms with Crippen LogP contribution in [0.3, 0.4) is 0 Å². The normalized spacial score (nSPS) is 11.4. The molecular weight excluding hydrogens is 232 g/mol. The Balaban J connectivity index is 2.71. The van der Waals surface area contributed by atoms with E-state index in [0.717, 1.165) is 0 Å². The number of halogens is 3. The van der Waals surface area contributed by atoms with Gasteiger partial charge in [0.1, 0.15) is 0 Å². The van der Waals surface area contributed by atoms with E-state index in [1.807, 2.05) is 0 Å². The van der Waals surface area contributed by atoms with E-state index < -0.39 is 21.5 Å². The van der Waals surface area contributed by atoms with Crippen LogP contribution < -0.4 is 9.26 Å². The molecule has 0 atom stereocenters. The van der Waals surface area contributed by atoms with Crippen molar-refractivity contribution in [3.05, 3.63) is 24.3 Å². The van der Waals surface area contributed by atoms with E-state index in [4.69, 9.17) is 0 Å². The molecule has 0 aliphatic rings. The van der Waals surface area contributed by atoms with Crippen LogP contribution in [0.2, 0.25) is 0 Å². The first-order valence-corrected chi connectivity index (χ1v) is 4.54. The fourth-order valence-corrected chi connectivity index (χ4v) is 1.08. The maximum atomic E-state index is 11.8. The highest BCUT2D eigenvalue weighted by Gasteiger charge is 2.28. The van der Waals surface area contributed by atoms with E-state index in [1.54, 1.807) is 0 Å². The summed E-state index contributed by atoms with van der Waals surface area (Å²) in [6.45, 7) is -1.41. The fraction of sp³-hybridized carbons (Fsp3) is 0.250. The topological polar surface area (TPSA) is 35.5 Å². The lowest BCUT2D eigenvalue weighted by atomic mass is 10.3. The van der Waals surface area contributed by atoms with Crippen molar-refractivity contribution in [1.29, 1.82) is 0 Å². The molecule has 7 heteroatoms. The van der Waals surface area contributed by atoms with Crippen molar-refractivity contribution in [1.82, 2.24) is 0 Å². The summed E-state index contributed by atoms with van der Waals surface area (Å²) in [5, 5.41) is 0. The summed E-state index contributed by atoms with van der Waals surface area (Å²) < 4.78 is 54.6. The van der Waals surface area contributed by atoms with Crippen LogP contribution in [0.15, 0.2) is 24.3 Å². The lowest BCUT2D eigenvalue weighted by Crippen LogP contribution is -2.19. The minimum absolute atomic E-state index is 0.00147. The molecule has 1 aromatic rings. The van der Waals surface area contributed by atoms with Gasteiger partial charge in [0, 0.05) is 0 Å². The van der Waals surface area contributed by atoms with Gasteiger partial charge in [-0.05, 0) is 12.1 Å². The largest absolute Gasteiger partial charge is 0.480 e. The van der Waals surface area contributed by atoms with Gasteiger partial charge in [0.25, 0.3) is 0 Å². The summed E-state index contributed by atoms with van der Waals surface area (Å²) in [6.07, 6.45) is -4.41. The van der Waals surface area contributed by atoms with Crippen molar-refractivity contribution in [3.63, 3.8) is 0 Å². The molecule has 3 nitrogen and oxygen atoms in total. The van der Waals surface area contributed by atoms with Crippen LogP contribution in [0.1, 0.15) is 0 Å². The van der Waals surface area contributed by atoms with Gasteiger partial charge in [-0.3, -0.25) is 0 Å². The Kier molecular flexibility index (Phi) is 3.91. The van der Waals surface area contributed by atoms with Crippen LogP contribution in [0.4, 0.5) is 13.2 Å². The first kappa shape index (κ1) is 11.8. The third-order valence-electron chi connectivity index (χ3n) is 1.38. The van der Waals surface area contributed by atoms with Crippen molar-refractivity contribution >= 4 is 8.69 Å². The molecule has 0 spiro atoms. The van der Waals surface area contributed by atoms with Crippen molar-refractivity contribution in [2.45, 2.75) is 6.18 Å². The monoisotopic (exact) mass is 238 g/mol. The summed E-state index contributed by atoms with van der Waals surface area (Å²) in [7, 11) is -0.649. The van der Waals surface area contributed by atoms with Gasteiger partial charge in [0.05, 0.1) is 0 Å². The summed E-state index contributed by atoms with van der Waals surface area (Å²) >= 11 is 0. The number of hydrogen-bond acceptors (Lipinski definition) is 3. The van der Waals surface area contributed by atoms with Crippen LogP contribution in [0.5, 0.6) is 11.5 Å². The van der Waals surface area contributed by atoms with Crippen molar-refractivity contribution in [2.24, 2.45) is 0 Å². The minimum atomic E-state index is -4.41. The second-order valence-corrected chi connectivity index (χ2v) is 2.85. The lowest BCUT2D eigenvalue weighted by molar-refractivity contribution is -0.153. The van der Waals surface area contributed by atoms with E-state index in [0.29, 0.717) is 0 Å². The highest BCUT2D eigenvalue weighted by Crippen LogP contribution is 2.30. The Morgan fingerprint density at radius 1 is 1.20 bits per heavy atom. The SMILES string of the molecule is O=POc1ccccc1OCC(F)(F)F. The molecule has 0 aliphatic heterocycles. The Hall–Kier alpha value is -1.29. The van der Waals surface area contributed by atoms with Crippen molar-refractivity contribution in [3.8, 4) is 11.5 Å². The smallest absolute Gasteiger partial charge is 0.422 e. The van der Waals surface area contributed by atoms with E-state index in [1.165, 1.54) is 24.3 Å². The maximum Gasteiger partial charge on any atom is 0.422 e. The Labute approximate surface area is 85.1 Å². The molecule has 82 valence electrons. The van der Waals surface area contributed by atoms with Gasteiger partial charge < -0.3 is 9.26 Å². The molecule has 0 unspecified atom stereocenters. The molecule has 0 radical (unpaired) electrons.